The summed E-state index contributed by atoms with van der Waals surface area (Å²) >= 11 is 1.72. The van der Waals surface area contributed by atoms with E-state index in [2.05, 4.69) is 57.4 Å². The Balaban J connectivity index is 1.57. The Kier molecular flexibility index (Phi) is 4.57. The molecule has 0 radical (unpaired) electrons. The summed E-state index contributed by atoms with van der Waals surface area (Å²) in [7, 11) is 0. The van der Waals surface area contributed by atoms with E-state index in [0.29, 0.717) is 17.8 Å². The molecule has 0 bridgehead atoms. The van der Waals surface area contributed by atoms with Gasteiger partial charge in [0.25, 0.3) is 0 Å². The first-order chi connectivity index (χ1) is 12.2. The van der Waals surface area contributed by atoms with Crippen LogP contribution < -0.4 is 16.3 Å². The lowest BCUT2D eigenvalue weighted by Gasteiger charge is -2.02. The van der Waals surface area contributed by atoms with Gasteiger partial charge in [0.05, 0.1) is 24.1 Å². The summed E-state index contributed by atoms with van der Waals surface area (Å²) in [5.74, 6) is 1.18. The predicted molar refractivity (Wildman–Crippen MR) is 105 cm³/mol. The van der Waals surface area contributed by atoms with Crippen molar-refractivity contribution in [2.75, 3.05) is 0 Å². The van der Waals surface area contributed by atoms with Crippen LogP contribution in [0.2, 0.25) is 0 Å². The molecule has 0 spiro atoms. The second-order valence-corrected chi connectivity index (χ2v) is 7.86. The van der Waals surface area contributed by atoms with Gasteiger partial charge in [0, 0.05) is 21.0 Å². The first kappa shape index (κ1) is 16.3. The second-order valence-electron chi connectivity index (χ2n) is 6.86. The normalized spacial score (nSPS) is 19.9. The molecule has 2 heterocycles. The van der Waals surface area contributed by atoms with Gasteiger partial charge in [0.2, 0.25) is 0 Å². The number of rotatable bonds is 6. The van der Waals surface area contributed by atoms with Crippen LogP contribution in [0.3, 0.4) is 0 Å². The molecule has 0 aromatic carbocycles. The smallest absolute Gasteiger partial charge is 0.126 e. The number of aliphatic imine (C=N–C) groups is 1. The lowest BCUT2D eigenvalue weighted by molar-refractivity contribution is 0.673. The van der Waals surface area contributed by atoms with Gasteiger partial charge >= 0.3 is 0 Å². The third kappa shape index (κ3) is 3.76. The van der Waals surface area contributed by atoms with E-state index in [9.17, 15) is 0 Å². The highest BCUT2D eigenvalue weighted by Crippen LogP contribution is 2.24. The van der Waals surface area contributed by atoms with Crippen molar-refractivity contribution in [1.82, 2.24) is 9.78 Å². The van der Waals surface area contributed by atoms with Crippen molar-refractivity contribution >= 4 is 29.3 Å². The van der Waals surface area contributed by atoms with Crippen LogP contribution in [0.4, 0.5) is 0 Å². The average Bonchev–Trinajstić information content (AvgIpc) is 3.22. The molecule has 1 saturated carbocycles. The molecule has 2 aromatic heterocycles. The minimum absolute atomic E-state index is 0.457. The fourth-order valence-electron chi connectivity index (χ4n) is 3.15. The van der Waals surface area contributed by atoms with Crippen LogP contribution in [0.1, 0.15) is 43.0 Å². The quantitative estimate of drug-likeness (QED) is 0.641. The highest BCUT2D eigenvalue weighted by atomic mass is 32.1. The predicted octanol–water partition coefficient (Wildman–Crippen LogP) is 2.41. The molecule has 5 heteroatoms. The summed E-state index contributed by atoms with van der Waals surface area (Å²) in [6.07, 6.45) is 15.7. The van der Waals surface area contributed by atoms with Crippen molar-refractivity contribution in [1.29, 1.82) is 0 Å². The Bertz CT molecular complexity index is 927. The van der Waals surface area contributed by atoms with E-state index in [1.165, 1.54) is 41.1 Å². The van der Waals surface area contributed by atoms with Gasteiger partial charge in [-0.05, 0) is 37.3 Å². The van der Waals surface area contributed by atoms with E-state index in [1.54, 1.807) is 11.3 Å². The van der Waals surface area contributed by atoms with E-state index >= 15 is 0 Å². The van der Waals surface area contributed by atoms with E-state index in [0.717, 1.165) is 12.1 Å². The molecule has 1 atom stereocenters. The molecular weight excluding hydrogens is 328 g/mol. The van der Waals surface area contributed by atoms with Crippen molar-refractivity contribution < 1.29 is 0 Å². The van der Waals surface area contributed by atoms with Gasteiger partial charge in [-0.3, -0.25) is 9.67 Å². The van der Waals surface area contributed by atoms with E-state index in [1.807, 2.05) is 6.20 Å². The van der Waals surface area contributed by atoms with Crippen molar-refractivity contribution in [3.8, 4) is 0 Å². The molecule has 2 N–H and O–H groups in total. The third-order valence-electron chi connectivity index (χ3n) is 4.66. The largest absolute Gasteiger partial charge is 0.383 e. The molecule has 25 heavy (non-hydrogen) atoms. The molecule has 2 aromatic rings. The molecule has 4 nitrogen and oxygen atoms in total. The topological polar surface area (TPSA) is 56.2 Å². The van der Waals surface area contributed by atoms with E-state index in [4.69, 9.17) is 5.73 Å². The molecule has 4 rings (SSSR count). The van der Waals surface area contributed by atoms with Gasteiger partial charge in [-0.1, -0.05) is 31.6 Å². The number of aromatic nitrogens is 2. The van der Waals surface area contributed by atoms with Gasteiger partial charge in [-0.2, -0.15) is 5.10 Å². The van der Waals surface area contributed by atoms with Crippen LogP contribution >= 0.6 is 11.3 Å². The number of allylic oxidation sites excluding steroid dienone is 2. The lowest BCUT2D eigenvalue weighted by Crippen LogP contribution is -2.29. The lowest BCUT2D eigenvalue weighted by atomic mass is 10.0. The van der Waals surface area contributed by atoms with Crippen molar-refractivity contribution in [3.63, 3.8) is 0 Å². The number of nitrogens with zero attached hydrogens (tertiary/aromatic N) is 3. The summed E-state index contributed by atoms with van der Waals surface area (Å²) in [5.41, 5.74) is 7.16. The van der Waals surface area contributed by atoms with Crippen LogP contribution in [-0.2, 0) is 6.54 Å². The zero-order chi connectivity index (χ0) is 17.2. The van der Waals surface area contributed by atoms with Gasteiger partial charge < -0.3 is 5.73 Å². The molecule has 2 aliphatic rings. The number of thiophene rings is 1. The molecule has 0 amide bonds. The van der Waals surface area contributed by atoms with Crippen molar-refractivity contribution in [2.45, 2.75) is 45.2 Å². The number of amidine groups is 1. The van der Waals surface area contributed by atoms with Crippen LogP contribution in [-0.4, -0.2) is 21.7 Å². The number of fused-ring (bicyclic) bond motifs is 1. The summed E-state index contributed by atoms with van der Waals surface area (Å²) in [5, 5.41) is 9.13. The number of hydrogen-bond acceptors (Lipinski definition) is 3. The molecule has 0 aliphatic heterocycles. The maximum atomic E-state index is 6.11. The summed E-state index contributed by atoms with van der Waals surface area (Å²) in [4.78, 5) is 5.79. The maximum Gasteiger partial charge on any atom is 0.126 e. The Morgan fingerprint density at radius 2 is 2.32 bits per heavy atom. The fraction of sp³-hybridized carbons (Fsp3) is 0.400. The Morgan fingerprint density at radius 3 is 3.12 bits per heavy atom. The Labute approximate surface area is 152 Å². The molecule has 2 aliphatic carbocycles. The van der Waals surface area contributed by atoms with Crippen molar-refractivity contribution in [3.05, 3.63) is 50.8 Å². The monoisotopic (exact) mass is 352 g/mol. The number of nitrogens with two attached hydrogens (primary N) is 1. The van der Waals surface area contributed by atoms with Crippen LogP contribution in [0.25, 0.3) is 12.2 Å². The minimum atomic E-state index is 0.457. The summed E-state index contributed by atoms with van der Waals surface area (Å²) in [6.45, 7) is 3.00. The van der Waals surface area contributed by atoms with Crippen LogP contribution in [0, 0.1) is 5.92 Å². The number of hydrogen-bond donors (Lipinski definition) is 1. The second kappa shape index (κ2) is 7.00. The van der Waals surface area contributed by atoms with Gasteiger partial charge in [0.1, 0.15) is 5.84 Å². The Morgan fingerprint density at radius 1 is 1.44 bits per heavy atom. The molecule has 0 saturated heterocycles. The van der Waals surface area contributed by atoms with Gasteiger partial charge in [0.15, 0.2) is 0 Å². The highest BCUT2D eigenvalue weighted by Gasteiger charge is 2.21. The minimum Gasteiger partial charge on any atom is -0.383 e. The molecule has 1 unspecified atom stereocenters. The maximum absolute atomic E-state index is 6.11. The first-order valence-corrected chi connectivity index (χ1v) is 9.94. The molecule has 130 valence electrons. The Hall–Kier alpha value is -2.14. The van der Waals surface area contributed by atoms with Crippen LogP contribution in [0.15, 0.2) is 34.8 Å². The summed E-state index contributed by atoms with van der Waals surface area (Å²) in [6, 6.07) is 2.61. The highest BCUT2D eigenvalue weighted by molar-refractivity contribution is 7.10. The first-order valence-electron chi connectivity index (χ1n) is 9.06. The third-order valence-corrected chi connectivity index (χ3v) is 5.58. The van der Waals surface area contributed by atoms with E-state index < -0.39 is 0 Å². The van der Waals surface area contributed by atoms with Gasteiger partial charge in [-0.15, -0.1) is 11.3 Å². The van der Waals surface area contributed by atoms with Crippen molar-refractivity contribution in [2.24, 2.45) is 16.6 Å². The van der Waals surface area contributed by atoms with Crippen LogP contribution in [0.5, 0.6) is 0 Å². The zero-order valence-electron chi connectivity index (χ0n) is 14.6. The van der Waals surface area contributed by atoms with E-state index in [-0.39, 0.29) is 0 Å². The SMILES string of the molecule is CCCC1C=CC=c2c(cnn2Cc2cc(C(N)=NC3CC3)cs2)=C1. The summed E-state index contributed by atoms with van der Waals surface area (Å²) < 4.78 is 2.08. The standard InChI is InChI=1S/C20H24N4S/c1-2-4-14-5-3-6-19-15(9-14)11-22-24(19)12-18-10-16(13-25-18)20(21)23-17-7-8-17/h3,5-6,9-11,13-14,17H,2,4,7-8,12H2,1H3,(H2,21,23). The molecule has 1 fully saturated rings. The van der Waals surface area contributed by atoms with Gasteiger partial charge in [-0.25, -0.2) is 0 Å². The zero-order valence-corrected chi connectivity index (χ0v) is 15.4. The fourth-order valence-corrected chi connectivity index (χ4v) is 4.01. The molecular formula is C20H24N4S. The average molecular weight is 353 g/mol.